The van der Waals surface area contributed by atoms with Crippen LogP contribution < -0.4 is 5.32 Å². The van der Waals surface area contributed by atoms with E-state index in [9.17, 15) is 4.79 Å². The second kappa shape index (κ2) is 7.28. The molecule has 1 aliphatic rings. The summed E-state index contributed by atoms with van der Waals surface area (Å²) in [7, 11) is 0. The molecule has 1 heterocycles. The first-order valence-electron chi connectivity index (χ1n) is 7.77. The van der Waals surface area contributed by atoms with Crippen LogP contribution in [0.3, 0.4) is 0 Å². The minimum Gasteiger partial charge on any atom is -0.336 e. The fourth-order valence-electron chi connectivity index (χ4n) is 2.83. The molecule has 0 aliphatic carbocycles. The Morgan fingerprint density at radius 1 is 1.48 bits per heavy atom. The molecule has 1 unspecified atom stereocenters. The van der Waals surface area contributed by atoms with Crippen LogP contribution in [0, 0.1) is 12.8 Å². The highest BCUT2D eigenvalue weighted by Crippen LogP contribution is 2.20. The van der Waals surface area contributed by atoms with Gasteiger partial charge in [0.25, 0.3) is 5.91 Å². The van der Waals surface area contributed by atoms with Gasteiger partial charge in [-0.15, -0.1) is 0 Å². The van der Waals surface area contributed by atoms with Gasteiger partial charge in [0.05, 0.1) is 0 Å². The summed E-state index contributed by atoms with van der Waals surface area (Å²) in [6, 6.07) is 5.73. The zero-order chi connectivity index (χ0) is 15.4. The lowest BCUT2D eigenvalue weighted by Gasteiger charge is -2.33. The van der Waals surface area contributed by atoms with Crippen molar-refractivity contribution in [3.63, 3.8) is 0 Å². The first-order valence-corrected chi connectivity index (χ1v) is 8.14. The van der Waals surface area contributed by atoms with Gasteiger partial charge < -0.3 is 10.2 Å². The van der Waals surface area contributed by atoms with Crippen LogP contribution in [0.1, 0.15) is 42.6 Å². The first kappa shape index (κ1) is 16.3. The van der Waals surface area contributed by atoms with Crippen LogP contribution in [0.15, 0.2) is 18.2 Å². The number of piperidine rings is 1. The fraction of sp³-hybridized carbons (Fsp3) is 0.588. The van der Waals surface area contributed by atoms with E-state index in [1.54, 1.807) is 0 Å². The van der Waals surface area contributed by atoms with Crippen molar-refractivity contribution in [2.45, 2.75) is 39.7 Å². The molecule has 21 heavy (non-hydrogen) atoms. The molecular weight excluding hydrogens is 284 g/mol. The number of nitrogens with one attached hydrogen (secondary N) is 1. The molecule has 2 rings (SSSR count). The number of nitrogens with zero attached hydrogens (tertiary/aromatic N) is 1. The Bertz CT molecular complexity index is 496. The number of carbonyl (C=O) groups is 1. The van der Waals surface area contributed by atoms with Gasteiger partial charge in [0.1, 0.15) is 0 Å². The van der Waals surface area contributed by atoms with Gasteiger partial charge in [-0.25, -0.2) is 0 Å². The van der Waals surface area contributed by atoms with Gasteiger partial charge in [-0.1, -0.05) is 11.6 Å². The van der Waals surface area contributed by atoms with E-state index >= 15 is 0 Å². The van der Waals surface area contributed by atoms with Gasteiger partial charge in [-0.3, -0.25) is 4.79 Å². The Balaban J connectivity index is 2.12. The van der Waals surface area contributed by atoms with Crippen LogP contribution >= 0.6 is 11.6 Å². The van der Waals surface area contributed by atoms with Gasteiger partial charge in [0, 0.05) is 23.2 Å². The van der Waals surface area contributed by atoms with Gasteiger partial charge >= 0.3 is 0 Å². The molecule has 0 saturated carbocycles. The molecule has 1 saturated heterocycles. The Hall–Kier alpha value is -1.06. The van der Waals surface area contributed by atoms with Crippen LogP contribution in [-0.2, 0) is 0 Å². The zero-order valence-corrected chi connectivity index (χ0v) is 13.9. The predicted molar refractivity (Wildman–Crippen MR) is 88.0 cm³/mol. The minimum absolute atomic E-state index is 0.107. The molecule has 1 fully saturated rings. The maximum atomic E-state index is 12.8. The Labute approximate surface area is 132 Å². The number of carbonyl (C=O) groups excluding carboxylic acids is 1. The lowest BCUT2D eigenvalue weighted by molar-refractivity contribution is 0.0661. The molecular formula is C17H25ClN2O. The van der Waals surface area contributed by atoms with Crippen molar-refractivity contribution >= 4 is 17.5 Å². The molecule has 0 radical (unpaired) electrons. The first-order chi connectivity index (χ1) is 9.99. The zero-order valence-electron chi connectivity index (χ0n) is 13.2. The van der Waals surface area contributed by atoms with Gasteiger partial charge in [-0.2, -0.15) is 0 Å². The lowest BCUT2D eigenvalue weighted by atomic mass is 9.98. The highest BCUT2D eigenvalue weighted by atomic mass is 35.5. The molecule has 0 aromatic heterocycles. The Morgan fingerprint density at radius 2 is 2.24 bits per heavy atom. The minimum atomic E-state index is 0.107. The van der Waals surface area contributed by atoms with Crippen molar-refractivity contribution in [1.82, 2.24) is 10.2 Å². The van der Waals surface area contributed by atoms with Gasteiger partial charge in [-0.05, 0) is 76.4 Å². The van der Waals surface area contributed by atoms with Crippen molar-refractivity contribution < 1.29 is 4.79 Å². The third-order valence-electron chi connectivity index (χ3n) is 4.14. The molecule has 3 nitrogen and oxygen atoms in total. The molecule has 1 N–H and O–H groups in total. The van der Waals surface area contributed by atoms with E-state index in [4.69, 9.17) is 11.6 Å². The number of halogens is 1. The molecule has 4 heteroatoms. The standard InChI is InChI=1S/C17H25ClN2O/c1-12(2)20(11-14-5-4-8-19-10-14)17(21)15-6-7-16(18)13(3)9-15/h6-7,9,12,14,19H,4-5,8,10-11H2,1-3H3. The second-order valence-corrected chi connectivity index (χ2v) is 6.63. The normalized spacial score (nSPS) is 18.8. The van der Waals surface area contributed by atoms with Gasteiger partial charge in [0.2, 0.25) is 0 Å². The Kier molecular flexibility index (Phi) is 5.65. The lowest BCUT2D eigenvalue weighted by Crippen LogP contribution is -2.44. The van der Waals surface area contributed by atoms with E-state index in [2.05, 4.69) is 19.2 Å². The van der Waals surface area contributed by atoms with Gasteiger partial charge in [0.15, 0.2) is 0 Å². The van der Waals surface area contributed by atoms with Crippen LogP contribution in [-0.4, -0.2) is 36.5 Å². The summed E-state index contributed by atoms with van der Waals surface area (Å²) in [5.41, 5.74) is 1.68. The Morgan fingerprint density at radius 3 is 2.81 bits per heavy atom. The van der Waals surface area contributed by atoms with Crippen LogP contribution in [0.25, 0.3) is 0 Å². The average Bonchev–Trinajstić information content (AvgIpc) is 2.47. The van der Waals surface area contributed by atoms with Crippen LogP contribution in [0.2, 0.25) is 5.02 Å². The number of hydrogen-bond acceptors (Lipinski definition) is 2. The van der Waals surface area contributed by atoms with E-state index < -0.39 is 0 Å². The topological polar surface area (TPSA) is 32.3 Å². The third-order valence-corrected chi connectivity index (χ3v) is 4.57. The highest BCUT2D eigenvalue weighted by Gasteiger charge is 2.24. The van der Waals surface area contributed by atoms with Crippen molar-refractivity contribution in [3.8, 4) is 0 Å². The van der Waals surface area contributed by atoms with Crippen molar-refractivity contribution in [3.05, 3.63) is 34.3 Å². The molecule has 1 aromatic carbocycles. The number of rotatable bonds is 4. The predicted octanol–water partition coefficient (Wildman–Crippen LogP) is 3.50. The van der Waals surface area contributed by atoms with Crippen molar-refractivity contribution in [2.75, 3.05) is 19.6 Å². The summed E-state index contributed by atoms with van der Waals surface area (Å²) < 4.78 is 0. The van der Waals surface area contributed by atoms with Crippen LogP contribution in [0.5, 0.6) is 0 Å². The molecule has 1 aromatic rings. The number of hydrogen-bond donors (Lipinski definition) is 1. The quantitative estimate of drug-likeness (QED) is 0.923. The van der Waals surface area contributed by atoms with E-state index in [1.807, 2.05) is 30.0 Å². The number of aryl methyl sites for hydroxylation is 1. The van der Waals surface area contributed by atoms with Crippen molar-refractivity contribution in [1.29, 1.82) is 0 Å². The molecule has 0 bridgehead atoms. The summed E-state index contributed by atoms with van der Waals surface area (Å²) in [5, 5.41) is 4.13. The second-order valence-electron chi connectivity index (χ2n) is 6.23. The third kappa shape index (κ3) is 4.21. The van der Waals surface area contributed by atoms with Crippen LogP contribution in [0.4, 0.5) is 0 Å². The molecule has 1 aliphatic heterocycles. The van der Waals surface area contributed by atoms with E-state index in [1.165, 1.54) is 12.8 Å². The number of amides is 1. The average molecular weight is 309 g/mol. The molecule has 0 spiro atoms. The smallest absolute Gasteiger partial charge is 0.254 e. The summed E-state index contributed by atoms with van der Waals surface area (Å²) in [6.07, 6.45) is 2.40. The summed E-state index contributed by atoms with van der Waals surface area (Å²) in [5.74, 6) is 0.661. The van der Waals surface area contributed by atoms with E-state index in [0.29, 0.717) is 10.9 Å². The SMILES string of the molecule is Cc1cc(C(=O)N(CC2CCCNC2)C(C)C)ccc1Cl. The van der Waals surface area contributed by atoms with Crippen molar-refractivity contribution in [2.24, 2.45) is 5.92 Å². The fourth-order valence-corrected chi connectivity index (χ4v) is 2.95. The highest BCUT2D eigenvalue weighted by molar-refractivity contribution is 6.31. The van der Waals surface area contributed by atoms with E-state index in [-0.39, 0.29) is 11.9 Å². The summed E-state index contributed by atoms with van der Waals surface area (Å²) >= 11 is 6.05. The summed E-state index contributed by atoms with van der Waals surface area (Å²) in [4.78, 5) is 14.8. The number of benzene rings is 1. The molecule has 1 amide bonds. The summed E-state index contributed by atoms with van der Waals surface area (Å²) in [6.45, 7) is 9.03. The maximum Gasteiger partial charge on any atom is 0.254 e. The molecule has 116 valence electrons. The largest absolute Gasteiger partial charge is 0.336 e. The maximum absolute atomic E-state index is 12.8. The molecule has 1 atom stereocenters. The van der Waals surface area contributed by atoms with E-state index in [0.717, 1.165) is 30.8 Å². The monoisotopic (exact) mass is 308 g/mol.